The van der Waals surface area contributed by atoms with Crippen molar-refractivity contribution < 1.29 is 17.6 Å². The Morgan fingerprint density at radius 2 is 1.84 bits per heavy atom. The molecule has 1 amide bonds. The minimum atomic E-state index is -3.93. The van der Waals surface area contributed by atoms with Gasteiger partial charge in [0.05, 0.1) is 0 Å². The number of halogens is 2. The van der Waals surface area contributed by atoms with Crippen LogP contribution in [-0.4, -0.2) is 31.7 Å². The summed E-state index contributed by atoms with van der Waals surface area (Å²) in [6.07, 6.45) is 1.51. The first kappa shape index (κ1) is 18.0. The molecular weight excluding hydrogens is 411 g/mol. The van der Waals surface area contributed by atoms with E-state index in [9.17, 15) is 17.6 Å². The molecule has 0 spiro atoms. The molecule has 1 N–H and O–H groups in total. The number of nitrogens with one attached hydrogen (secondary N) is 1. The van der Waals surface area contributed by atoms with E-state index in [-0.39, 0.29) is 5.56 Å². The van der Waals surface area contributed by atoms with E-state index in [2.05, 4.69) is 21.2 Å². The highest BCUT2D eigenvalue weighted by Gasteiger charge is 2.30. The zero-order chi connectivity index (χ0) is 18.0. The summed E-state index contributed by atoms with van der Waals surface area (Å²) in [7, 11) is -3.93. The van der Waals surface area contributed by atoms with Gasteiger partial charge in [-0.15, -0.1) is 0 Å². The minimum absolute atomic E-state index is 0.0825. The van der Waals surface area contributed by atoms with E-state index in [1.165, 1.54) is 10.4 Å². The van der Waals surface area contributed by atoms with Crippen LogP contribution in [0.2, 0.25) is 0 Å². The summed E-state index contributed by atoms with van der Waals surface area (Å²) in [6.45, 7) is 0.743. The summed E-state index contributed by atoms with van der Waals surface area (Å²) in [4.78, 5) is 11.9. The summed E-state index contributed by atoms with van der Waals surface area (Å²) in [6, 6.07) is 10.4. The normalized spacial score (nSPS) is 15.3. The monoisotopic (exact) mass is 426 g/mol. The van der Waals surface area contributed by atoms with Gasteiger partial charge in [-0.1, -0.05) is 22.0 Å². The first-order valence-electron chi connectivity index (χ1n) is 7.74. The smallest absolute Gasteiger partial charge is 0.255 e. The largest absolute Gasteiger partial charge is 0.322 e. The SMILES string of the molecule is O=C(Nc1cccc(Br)c1)c1ccc(F)c(S(=O)(=O)N2CCCC2)c1. The van der Waals surface area contributed by atoms with Gasteiger partial charge in [0, 0.05) is 28.8 Å². The predicted molar refractivity (Wildman–Crippen MR) is 96.5 cm³/mol. The maximum atomic E-state index is 14.1. The van der Waals surface area contributed by atoms with E-state index in [0.29, 0.717) is 18.8 Å². The lowest BCUT2D eigenvalue weighted by molar-refractivity contribution is 0.102. The van der Waals surface area contributed by atoms with Crippen molar-refractivity contribution >= 4 is 37.5 Å². The molecular formula is C17H16BrFN2O3S. The molecule has 3 rings (SSSR count). The first-order valence-corrected chi connectivity index (χ1v) is 9.98. The zero-order valence-electron chi connectivity index (χ0n) is 13.2. The molecule has 0 radical (unpaired) electrons. The lowest BCUT2D eigenvalue weighted by atomic mass is 10.2. The molecule has 1 aliphatic heterocycles. The highest BCUT2D eigenvalue weighted by atomic mass is 79.9. The second-order valence-corrected chi connectivity index (χ2v) is 8.54. The van der Waals surface area contributed by atoms with Gasteiger partial charge in [0.15, 0.2) is 0 Å². The molecule has 0 unspecified atom stereocenters. The number of sulfonamides is 1. The van der Waals surface area contributed by atoms with Crippen molar-refractivity contribution in [3.05, 3.63) is 58.3 Å². The molecule has 2 aromatic carbocycles. The lowest BCUT2D eigenvalue weighted by Gasteiger charge is -2.16. The summed E-state index contributed by atoms with van der Waals surface area (Å²) >= 11 is 3.31. The fourth-order valence-corrected chi connectivity index (χ4v) is 4.69. The van der Waals surface area contributed by atoms with Crippen molar-refractivity contribution in [1.82, 2.24) is 4.31 Å². The van der Waals surface area contributed by atoms with Crippen molar-refractivity contribution in [3.8, 4) is 0 Å². The molecule has 8 heteroatoms. The van der Waals surface area contributed by atoms with Gasteiger partial charge >= 0.3 is 0 Å². The number of benzene rings is 2. The highest BCUT2D eigenvalue weighted by Crippen LogP contribution is 2.25. The maximum absolute atomic E-state index is 14.1. The van der Waals surface area contributed by atoms with Crippen LogP contribution < -0.4 is 5.32 Å². The number of carbonyl (C=O) groups excluding carboxylic acids is 1. The molecule has 132 valence electrons. The van der Waals surface area contributed by atoms with Crippen LogP contribution in [0.25, 0.3) is 0 Å². The van der Waals surface area contributed by atoms with Gasteiger partial charge in [0.25, 0.3) is 5.91 Å². The molecule has 0 saturated carbocycles. The third-order valence-electron chi connectivity index (χ3n) is 3.96. The van der Waals surface area contributed by atoms with E-state index >= 15 is 0 Å². The van der Waals surface area contributed by atoms with Gasteiger partial charge in [-0.3, -0.25) is 4.79 Å². The van der Waals surface area contributed by atoms with E-state index in [4.69, 9.17) is 0 Å². The first-order chi connectivity index (χ1) is 11.9. The molecule has 1 saturated heterocycles. The van der Waals surface area contributed by atoms with Gasteiger partial charge < -0.3 is 5.32 Å². The second-order valence-electron chi connectivity index (χ2n) is 5.72. The van der Waals surface area contributed by atoms with Crippen LogP contribution in [0.5, 0.6) is 0 Å². The van der Waals surface area contributed by atoms with Crippen LogP contribution >= 0.6 is 15.9 Å². The predicted octanol–water partition coefficient (Wildman–Crippen LogP) is 3.63. The highest BCUT2D eigenvalue weighted by molar-refractivity contribution is 9.10. The van der Waals surface area contributed by atoms with Gasteiger partial charge in [-0.05, 0) is 49.2 Å². The Balaban J connectivity index is 1.89. The average Bonchev–Trinajstić information content (AvgIpc) is 3.10. The van der Waals surface area contributed by atoms with E-state index in [1.54, 1.807) is 18.2 Å². The number of rotatable bonds is 4. The molecule has 1 heterocycles. The number of hydrogen-bond acceptors (Lipinski definition) is 3. The third kappa shape index (κ3) is 3.91. The van der Waals surface area contributed by atoms with Crippen LogP contribution in [0.3, 0.4) is 0 Å². The molecule has 0 atom stereocenters. The van der Waals surface area contributed by atoms with E-state index in [0.717, 1.165) is 29.4 Å². The zero-order valence-corrected chi connectivity index (χ0v) is 15.6. The molecule has 1 aliphatic rings. The Labute approximate surface area is 154 Å². The summed E-state index contributed by atoms with van der Waals surface area (Å²) < 4.78 is 41.3. The number of nitrogens with zero attached hydrogens (tertiary/aromatic N) is 1. The van der Waals surface area contributed by atoms with Crippen LogP contribution in [-0.2, 0) is 10.0 Å². The van der Waals surface area contributed by atoms with Crippen molar-refractivity contribution in [2.45, 2.75) is 17.7 Å². The van der Waals surface area contributed by atoms with Crippen LogP contribution in [0.15, 0.2) is 51.8 Å². The summed E-state index contributed by atoms with van der Waals surface area (Å²) in [5.74, 6) is -1.36. The van der Waals surface area contributed by atoms with Crippen LogP contribution in [0.4, 0.5) is 10.1 Å². The Kier molecular flexibility index (Phi) is 5.21. The third-order valence-corrected chi connectivity index (χ3v) is 6.37. The number of amides is 1. The average molecular weight is 427 g/mol. The Morgan fingerprint density at radius 3 is 2.52 bits per heavy atom. The van der Waals surface area contributed by atoms with Crippen LogP contribution in [0.1, 0.15) is 23.2 Å². The Hall–Kier alpha value is -1.77. The van der Waals surface area contributed by atoms with Gasteiger partial charge in [-0.25, -0.2) is 12.8 Å². The second kappa shape index (κ2) is 7.23. The Bertz CT molecular complexity index is 912. The molecule has 0 aliphatic carbocycles. The summed E-state index contributed by atoms with van der Waals surface area (Å²) in [5.41, 5.74) is 0.631. The fraction of sp³-hybridized carbons (Fsp3) is 0.235. The molecule has 25 heavy (non-hydrogen) atoms. The van der Waals surface area contributed by atoms with Gasteiger partial charge in [-0.2, -0.15) is 4.31 Å². The van der Waals surface area contributed by atoms with Crippen molar-refractivity contribution in [2.75, 3.05) is 18.4 Å². The number of hydrogen-bond donors (Lipinski definition) is 1. The van der Waals surface area contributed by atoms with Gasteiger partial charge in [0.1, 0.15) is 10.7 Å². The summed E-state index contributed by atoms with van der Waals surface area (Å²) in [5, 5.41) is 2.67. The van der Waals surface area contributed by atoms with Crippen molar-refractivity contribution in [1.29, 1.82) is 0 Å². The van der Waals surface area contributed by atoms with E-state index in [1.807, 2.05) is 6.07 Å². The molecule has 5 nitrogen and oxygen atoms in total. The number of carbonyl (C=O) groups is 1. The molecule has 1 fully saturated rings. The van der Waals surface area contributed by atoms with Crippen molar-refractivity contribution in [2.24, 2.45) is 0 Å². The molecule has 2 aromatic rings. The van der Waals surface area contributed by atoms with Crippen molar-refractivity contribution in [3.63, 3.8) is 0 Å². The molecule has 0 aromatic heterocycles. The van der Waals surface area contributed by atoms with E-state index < -0.39 is 26.6 Å². The minimum Gasteiger partial charge on any atom is -0.322 e. The standard InChI is InChI=1S/C17H16BrFN2O3S/c18-13-4-3-5-14(11-13)20-17(22)12-6-7-15(19)16(10-12)25(23,24)21-8-1-2-9-21/h3-7,10-11H,1-2,8-9H2,(H,20,22). The Morgan fingerprint density at radius 1 is 1.12 bits per heavy atom. The van der Waals surface area contributed by atoms with Gasteiger partial charge in [0.2, 0.25) is 10.0 Å². The fourth-order valence-electron chi connectivity index (χ4n) is 2.68. The number of anilines is 1. The van der Waals surface area contributed by atoms with Crippen LogP contribution in [0, 0.1) is 5.82 Å². The molecule has 0 bridgehead atoms. The maximum Gasteiger partial charge on any atom is 0.255 e. The lowest BCUT2D eigenvalue weighted by Crippen LogP contribution is -2.29. The topological polar surface area (TPSA) is 66.5 Å². The quantitative estimate of drug-likeness (QED) is 0.811.